The van der Waals surface area contributed by atoms with Gasteiger partial charge in [-0.25, -0.2) is 30.7 Å². The maximum absolute atomic E-state index is 13.7. The Bertz CT molecular complexity index is 872. The molecule has 0 heterocycles. The number of hydrogen-bond donors (Lipinski definition) is 1. The Morgan fingerprint density at radius 1 is 1.04 bits per heavy atom. The van der Waals surface area contributed by atoms with E-state index in [1.54, 1.807) is 25.1 Å². The van der Waals surface area contributed by atoms with Gasteiger partial charge in [-0.3, -0.25) is 0 Å². The molecule has 0 amide bonds. The van der Waals surface area contributed by atoms with Crippen LogP contribution in [0.2, 0.25) is 0 Å². The molecule has 1 N–H and O–H groups in total. The van der Waals surface area contributed by atoms with Crippen molar-refractivity contribution >= 4 is 10.0 Å². The molecule has 0 saturated heterocycles. The second-order valence-corrected chi connectivity index (χ2v) is 7.30. The molecule has 0 saturated carbocycles. The number of hydrogen-bond acceptors (Lipinski definition) is 3. The molecule has 0 aromatic heterocycles. The van der Waals surface area contributed by atoms with E-state index in [0.717, 1.165) is 0 Å². The summed E-state index contributed by atoms with van der Waals surface area (Å²) in [6, 6.07) is 6.20. The summed E-state index contributed by atoms with van der Waals surface area (Å²) in [5.74, 6) is -5.63. The van der Waals surface area contributed by atoms with Crippen LogP contribution in [0.15, 0.2) is 41.3 Å². The third-order valence-corrected chi connectivity index (χ3v) is 5.05. The van der Waals surface area contributed by atoms with E-state index >= 15 is 0 Å². The predicted octanol–water partition coefficient (Wildman–Crippen LogP) is 2.82. The largest absolute Gasteiger partial charge is 0.301 e. The molecular formula is C16H16F4N2O2S. The van der Waals surface area contributed by atoms with Crippen LogP contribution >= 0.6 is 0 Å². The predicted molar refractivity (Wildman–Crippen MR) is 84.3 cm³/mol. The minimum atomic E-state index is -4.43. The molecule has 9 heteroatoms. The lowest BCUT2D eigenvalue weighted by molar-refractivity contribution is 0.298. The molecule has 0 fully saturated rings. The Morgan fingerprint density at radius 2 is 1.72 bits per heavy atom. The smallest absolute Gasteiger partial charge is 0.243 e. The minimum absolute atomic E-state index is 0.225. The van der Waals surface area contributed by atoms with Crippen molar-refractivity contribution in [1.29, 1.82) is 0 Å². The molecule has 136 valence electrons. The zero-order valence-corrected chi connectivity index (χ0v) is 14.2. The second kappa shape index (κ2) is 7.51. The summed E-state index contributed by atoms with van der Waals surface area (Å²) in [5, 5.41) is 0. The van der Waals surface area contributed by atoms with Gasteiger partial charge in [0, 0.05) is 12.6 Å². The lowest BCUT2D eigenvalue weighted by Gasteiger charge is -2.25. The third kappa shape index (κ3) is 4.36. The monoisotopic (exact) mass is 376 g/mol. The number of sulfonamides is 1. The van der Waals surface area contributed by atoms with Crippen molar-refractivity contribution in [2.45, 2.75) is 10.9 Å². The fourth-order valence-electron chi connectivity index (χ4n) is 2.29. The van der Waals surface area contributed by atoms with Gasteiger partial charge in [-0.05, 0) is 43.9 Å². The van der Waals surface area contributed by atoms with E-state index in [4.69, 9.17) is 0 Å². The number of benzene rings is 2. The maximum Gasteiger partial charge on any atom is 0.243 e. The van der Waals surface area contributed by atoms with Gasteiger partial charge in [-0.1, -0.05) is 12.1 Å². The maximum atomic E-state index is 13.7. The average molecular weight is 376 g/mol. The summed E-state index contributed by atoms with van der Waals surface area (Å²) in [6.07, 6.45) is 0. The molecule has 0 spiro atoms. The Kier molecular flexibility index (Phi) is 5.81. The van der Waals surface area contributed by atoms with Gasteiger partial charge in [0.05, 0.1) is 0 Å². The third-order valence-electron chi connectivity index (χ3n) is 3.61. The van der Waals surface area contributed by atoms with Gasteiger partial charge in [-0.15, -0.1) is 0 Å². The molecule has 0 aliphatic heterocycles. The zero-order valence-electron chi connectivity index (χ0n) is 13.4. The number of rotatable bonds is 6. The molecule has 0 bridgehead atoms. The summed E-state index contributed by atoms with van der Waals surface area (Å²) in [5.41, 5.74) is 0.499. The molecule has 2 rings (SSSR count). The van der Waals surface area contributed by atoms with Gasteiger partial charge in [-0.2, -0.15) is 0 Å². The Balaban J connectivity index is 2.27. The van der Waals surface area contributed by atoms with E-state index in [-0.39, 0.29) is 6.54 Å². The Hall–Kier alpha value is -1.97. The van der Waals surface area contributed by atoms with Gasteiger partial charge in [0.25, 0.3) is 0 Å². The average Bonchev–Trinajstić information content (AvgIpc) is 2.52. The molecule has 4 nitrogen and oxygen atoms in total. The van der Waals surface area contributed by atoms with Gasteiger partial charge in [0.15, 0.2) is 17.5 Å². The molecular weight excluding hydrogens is 360 g/mol. The highest BCUT2D eigenvalue weighted by Crippen LogP contribution is 2.22. The Labute approximate surface area is 143 Å². The summed E-state index contributed by atoms with van der Waals surface area (Å²) in [6.45, 7) is -0.225. The quantitative estimate of drug-likeness (QED) is 0.623. The first-order chi connectivity index (χ1) is 11.6. The normalized spacial score (nSPS) is 13.2. The molecule has 0 aliphatic carbocycles. The van der Waals surface area contributed by atoms with Crippen molar-refractivity contribution in [3.05, 3.63) is 65.2 Å². The highest BCUT2D eigenvalue weighted by molar-refractivity contribution is 7.89. The Morgan fingerprint density at radius 3 is 2.32 bits per heavy atom. The van der Waals surface area contributed by atoms with E-state index in [9.17, 15) is 26.0 Å². The van der Waals surface area contributed by atoms with Crippen molar-refractivity contribution in [2.24, 2.45) is 0 Å². The molecule has 1 unspecified atom stereocenters. The first-order valence-electron chi connectivity index (χ1n) is 7.18. The lowest BCUT2D eigenvalue weighted by atomic mass is 10.1. The minimum Gasteiger partial charge on any atom is -0.301 e. The fourth-order valence-corrected chi connectivity index (χ4v) is 3.40. The standard InChI is InChI=1S/C16H16F4N2O2S/c1-22(2)13(10-4-3-5-11(17)8-10)9-21-25(23,24)14-7-6-12(18)15(19)16(14)20/h3-8,13,21H,9H2,1-2H3. The van der Waals surface area contributed by atoms with Crippen LogP contribution in [-0.4, -0.2) is 34.0 Å². The van der Waals surface area contributed by atoms with E-state index in [0.29, 0.717) is 17.7 Å². The van der Waals surface area contributed by atoms with Crippen LogP contribution in [0.3, 0.4) is 0 Å². The summed E-state index contributed by atoms with van der Waals surface area (Å²) in [4.78, 5) is 0.641. The SMILES string of the molecule is CN(C)C(CNS(=O)(=O)c1ccc(F)c(F)c1F)c1cccc(F)c1. The summed E-state index contributed by atoms with van der Waals surface area (Å²) < 4.78 is 79.9. The molecule has 0 aliphatic rings. The first-order valence-corrected chi connectivity index (χ1v) is 8.67. The fraction of sp³-hybridized carbons (Fsp3) is 0.250. The van der Waals surface area contributed by atoms with Crippen LogP contribution in [0, 0.1) is 23.3 Å². The molecule has 2 aromatic carbocycles. The summed E-state index contributed by atoms with van der Waals surface area (Å²) in [7, 11) is -1.12. The van der Waals surface area contributed by atoms with Crippen LogP contribution < -0.4 is 4.72 Å². The van der Waals surface area contributed by atoms with E-state index in [1.165, 1.54) is 18.2 Å². The number of nitrogens with one attached hydrogen (secondary N) is 1. The van der Waals surface area contributed by atoms with Gasteiger partial charge < -0.3 is 4.90 Å². The van der Waals surface area contributed by atoms with Crippen LogP contribution in [0.5, 0.6) is 0 Å². The van der Waals surface area contributed by atoms with Crippen molar-refractivity contribution in [3.8, 4) is 0 Å². The molecule has 1 atom stereocenters. The summed E-state index contributed by atoms with van der Waals surface area (Å²) >= 11 is 0. The lowest BCUT2D eigenvalue weighted by Crippen LogP contribution is -2.35. The van der Waals surface area contributed by atoms with Crippen molar-refractivity contribution in [1.82, 2.24) is 9.62 Å². The van der Waals surface area contributed by atoms with Gasteiger partial charge >= 0.3 is 0 Å². The van der Waals surface area contributed by atoms with Crippen LogP contribution in [0.1, 0.15) is 11.6 Å². The highest BCUT2D eigenvalue weighted by Gasteiger charge is 2.25. The number of likely N-dealkylation sites (N-methyl/N-ethyl adjacent to an activating group) is 1. The molecule has 25 heavy (non-hydrogen) atoms. The van der Waals surface area contributed by atoms with Crippen molar-refractivity contribution in [2.75, 3.05) is 20.6 Å². The molecule has 0 radical (unpaired) electrons. The zero-order chi connectivity index (χ0) is 18.8. The number of halogens is 4. The van der Waals surface area contributed by atoms with Crippen LogP contribution in [0.4, 0.5) is 17.6 Å². The molecule has 2 aromatic rings. The number of nitrogens with zero attached hydrogens (tertiary/aromatic N) is 1. The topological polar surface area (TPSA) is 49.4 Å². The van der Waals surface area contributed by atoms with Crippen LogP contribution in [-0.2, 0) is 10.0 Å². The van der Waals surface area contributed by atoms with E-state index in [1.807, 2.05) is 0 Å². The van der Waals surface area contributed by atoms with Gasteiger partial charge in [0.2, 0.25) is 10.0 Å². The van der Waals surface area contributed by atoms with Crippen molar-refractivity contribution in [3.63, 3.8) is 0 Å². The van der Waals surface area contributed by atoms with Gasteiger partial charge in [0.1, 0.15) is 10.7 Å². The van der Waals surface area contributed by atoms with E-state index < -0.39 is 44.2 Å². The highest BCUT2D eigenvalue weighted by atomic mass is 32.2. The first kappa shape index (κ1) is 19.4. The van der Waals surface area contributed by atoms with E-state index in [2.05, 4.69) is 4.72 Å². The van der Waals surface area contributed by atoms with Crippen molar-refractivity contribution < 1.29 is 26.0 Å². The van der Waals surface area contributed by atoms with Crippen LogP contribution in [0.25, 0.3) is 0 Å². The second-order valence-electron chi connectivity index (χ2n) is 5.56.